The largest absolute Gasteiger partial charge is 0.430 e. The van der Waals surface area contributed by atoms with Crippen molar-refractivity contribution >= 4 is 23.2 Å². The van der Waals surface area contributed by atoms with Crippen LogP contribution in [0, 0.1) is 25.2 Å². The van der Waals surface area contributed by atoms with E-state index < -0.39 is 5.41 Å². The molecule has 0 aliphatic heterocycles. The van der Waals surface area contributed by atoms with Crippen molar-refractivity contribution in [3.63, 3.8) is 0 Å². The van der Waals surface area contributed by atoms with Crippen molar-refractivity contribution in [3.8, 4) is 11.8 Å². The predicted octanol–water partition coefficient (Wildman–Crippen LogP) is 4.67. The highest BCUT2D eigenvalue weighted by atomic mass is 32.1. The minimum Gasteiger partial charge on any atom is -0.430 e. The number of thiocarbonyl (C=S) groups is 1. The minimum absolute atomic E-state index is 0.0693. The Labute approximate surface area is 191 Å². The number of nitrogens with zero attached hydrogens (tertiary/aromatic N) is 3. The Morgan fingerprint density at radius 2 is 1.84 bits per heavy atom. The molecule has 164 valence electrons. The van der Waals surface area contributed by atoms with Gasteiger partial charge in [0.15, 0.2) is 0 Å². The van der Waals surface area contributed by atoms with Gasteiger partial charge in [0.25, 0.3) is 5.17 Å². The number of nitriles is 1. The van der Waals surface area contributed by atoms with Gasteiger partial charge in [-0.2, -0.15) is 10.3 Å². The summed E-state index contributed by atoms with van der Waals surface area (Å²) >= 11 is 5.31. The number of aliphatic imine (C=N–C) groups is 1. The van der Waals surface area contributed by atoms with E-state index in [9.17, 15) is 5.26 Å². The lowest BCUT2D eigenvalue weighted by Gasteiger charge is -2.16. The first kappa shape index (κ1) is 24.5. The van der Waals surface area contributed by atoms with E-state index in [2.05, 4.69) is 42.9 Å². The molecule has 2 rings (SSSR count). The third-order valence-corrected chi connectivity index (χ3v) is 5.70. The first-order valence-electron chi connectivity index (χ1n) is 10.4. The lowest BCUT2D eigenvalue weighted by molar-refractivity contribution is 0.357. The Balaban J connectivity index is 2.11. The van der Waals surface area contributed by atoms with Gasteiger partial charge < -0.3 is 15.4 Å². The summed E-state index contributed by atoms with van der Waals surface area (Å²) in [6.45, 7) is 12.0. The highest BCUT2D eigenvalue weighted by molar-refractivity contribution is 7.80. The summed E-state index contributed by atoms with van der Waals surface area (Å²) in [5.41, 5.74) is 10.7. The van der Waals surface area contributed by atoms with Gasteiger partial charge in [-0.15, -0.1) is 0 Å². The number of nitrogens with two attached hydrogens (primary N) is 1. The van der Waals surface area contributed by atoms with Gasteiger partial charge in [-0.25, -0.2) is 0 Å². The van der Waals surface area contributed by atoms with Crippen molar-refractivity contribution in [2.75, 3.05) is 20.1 Å². The number of likely N-dealkylation sites (N-methyl/N-ethyl adjacent to an activating group) is 1. The Morgan fingerprint density at radius 3 is 2.42 bits per heavy atom. The summed E-state index contributed by atoms with van der Waals surface area (Å²) in [6, 6.07) is 13.9. The maximum absolute atomic E-state index is 9.28. The molecule has 0 aliphatic carbocycles. The van der Waals surface area contributed by atoms with Crippen molar-refractivity contribution in [2.45, 2.75) is 46.5 Å². The van der Waals surface area contributed by atoms with Crippen LogP contribution in [0.15, 0.2) is 41.4 Å². The maximum Gasteiger partial charge on any atom is 0.290 e. The normalized spacial score (nSPS) is 12.0. The van der Waals surface area contributed by atoms with Crippen LogP contribution in [-0.2, 0) is 11.8 Å². The van der Waals surface area contributed by atoms with Gasteiger partial charge in [0.2, 0.25) is 0 Å². The summed E-state index contributed by atoms with van der Waals surface area (Å²) < 4.78 is 5.83. The summed E-state index contributed by atoms with van der Waals surface area (Å²) in [4.78, 5) is 6.54. The topological polar surface area (TPSA) is 74.6 Å². The number of amidine groups is 1. The number of ether oxygens (including phenoxy) is 1. The maximum atomic E-state index is 9.28. The first-order valence-corrected chi connectivity index (χ1v) is 10.8. The fraction of sp³-hybridized carbons (Fsp3) is 0.400. The lowest BCUT2D eigenvalue weighted by Crippen LogP contribution is -2.20. The SMILES string of the molecule is CCN(C)CCc1cc(C)c(OC(=S)N=C(N)c2ccc(C(C)(C)C#N)cc2)cc1C. The minimum atomic E-state index is -0.559. The second-order valence-electron chi connectivity index (χ2n) is 8.37. The second-order valence-corrected chi connectivity index (χ2v) is 8.72. The number of benzene rings is 2. The van der Waals surface area contributed by atoms with E-state index in [1.54, 1.807) is 0 Å². The van der Waals surface area contributed by atoms with E-state index in [1.165, 1.54) is 11.1 Å². The smallest absolute Gasteiger partial charge is 0.290 e. The molecule has 5 nitrogen and oxygen atoms in total. The number of hydrogen-bond donors (Lipinski definition) is 1. The molecule has 31 heavy (non-hydrogen) atoms. The Hall–Kier alpha value is -2.75. The first-order chi connectivity index (χ1) is 14.6. The fourth-order valence-electron chi connectivity index (χ4n) is 3.10. The van der Waals surface area contributed by atoms with Gasteiger partial charge in [-0.05, 0) is 88.2 Å². The van der Waals surface area contributed by atoms with E-state index in [-0.39, 0.29) is 11.0 Å². The van der Waals surface area contributed by atoms with Crippen LogP contribution in [0.1, 0.15) is 48.6 Å². The van der Waals surface area contributed by atoms with Crippen molar-refractivity contribution in [2.24, 2.45) is 10.7 Å². The lowest BCUT2D eigenvalue weighted by atomic mass is 9.86. The van der Waals surface area contributed by atoms with Gasteiger partial charge in [-0.1, -0.05) is 37.3 Å². The monoisotopic (exact) mass is 436 g/mol. The van der Waals surface area contributed by atoms with Crippen molar-refractivity contribution < 1.29 is 4.74 Å². The molecule has 0 saturated heterocycles. The summed E-state index contributed by atoms with van der Waals surface area (Å²) in [5, 5.41) is 9.34. The molecule has 0 heterocycles. The number of hydrogen-bond acceptors (Lipinski definition) is 4. The number of aryl methyl sites for hydroxylation is 2. The van der Waals surface area contributed by atoms with Crippen molar-refractivity contribution in [1.82, 2.24) is 4.90 Å². The molecule has 0 atom stereocenters. The van der Waals surface area contributed by atoms with Gasteiger partial charge in [-0.3, -0.25) is 0 Å². The molecule has 2 aromatic carbocycles. The molecular formula is C25H32N4OS. The molecule has 0 spiro atoms. The third kappa shape index (κ3) is 6.61. The molecule has 2 aromatic rings. The van der Waals surface area contributed by atoms with Crippen LogP contribution in [0.4, 0.5) is 0 Å². The molecular weight excluding hydrogens is 404 g/mol. The number of rotatable bonds is 7. The van der Waals surface area contributed by atoms with Crippen LogP contribution in [0.5, 0.6) is 5.75 Å². The molecule has 0 amide bonds. The average molecular weight is 437 g/mol. The van der Waals surface area contributed by atoms with Gasteiger partial charge in [0, 0.05) is 12.1 Å². The zero-order valence-electron chi connectivity index (χ0n) is 19.3. The van der Waals surface area contributed by atoms with Crippen LogP contribution < -0.4 is 10.5 Å². The highest BCUT2D eigenvalue weighted by Crippen LogP contribution is 2.24. The summed E-state index contributed by atoms with van der Waals surface area (Å²) in [5.74, 6) is 0.970. The zero-order chi connectivity index (χ0) is 23.2. The second kappa shape index (κ2) is 10.5. The van der Waals surface area contributed by atoms with E-state index in [4.69, 9.17) is 22.7 Å². The van der Waals surface area contributed by atoms with E-state index >= 15 is 0 Å². The fourth-order valence-corrected chi connectivity index (χ4v) is 3.29. The van der Waals surface area contributed by atoms with Crippen molar-refractivity contribution in [1.29, 1.82) is 5.26 Å². The zero-order valence-corrected chi connectivity index (χ0v) is 20.1. The molecule has 6 heteroatoms. The van der Waals surface area contributed by atoms with Crippen LogP contribution in [0.2, 0.25) is 0 Å². The van der Waals surface area contributed by atoms with Crippen LogP contribution in [0.3, 0.4) is 0 Å². The molecule has 0 aliphatic rings. The molecule has 2 N–H and O–H groups in total. The quantitative estimate of drug-likeness (QED) is 0.388. The molecule has 0 fully saturated rings. The average Bonchev–Trinajstić information content (AvgIpc) is 2.74. The highest BCUT2D eigenvalue weighted by Gasteiger charge is 2.19. The van der Waals surface area contributed by atoms with E-state index in [0.717, 1.165) is 36.2 Å². The molecule has 0 aromatic heterocycles. The predicted molar refractivity (Wildman–Crippen MR) is 132 cm³/mol. The Bertz CT molecular complexity index is 1000. The van der Waals surface area contributed by atoms with E-state index in [1.807, 2.05) is 51.1 Å². The molecule has 0 unspecified atom stereocenters. The van der Waals surface area contributed by atoms with Crippen LogP contribution in [-0.4, -0.2) is 36.0 Å². The molecule has 0 bridgehead atoms. The van der Waals surface area contributed by atoms with Gasteiger partial charge in [0.05, 0.1) is 11.5 Å². The molecule has 0 radical (unpaired) electrons. The standard InChI is InChI=1S/C25H32N4OS/c1-7-29(6)13-12-20-14-18(3)22(15-17(20)2)30-24(31)28-23(27)19-8-10-21(11-9-19)25(4,5)16-26/h8-11,14-15H,7,12-13H2,1-6H3,(H2,27,28,31). The van der Waals surface area contributed by atoms with Crippen LogP contribution >= 0.6 is 12.2 Å². The van der Waals surface area contributed by atoms with E-state index in [0.29, 0.717) is 5.75 Å². The van der Waals surface area contributed by atoms with Crippen LogP contribution in [0.25, 0.3) is 0 Å². The Kier molecular flexibility index (Phi) is 8.32. The summed E-state index contributed by atoms with van der Waals surface area (Å²) in [7, 11) is 2.12. The molecule has 0 saturated carbocycles. The Morgan fingerprint density at radius 1 is 1.19 bits per heavy atom. The van der Waals surface area contributed by atoms with Gasteiger partial charge >= 0.3 is 0 Å². The van der Waals surface area contributed by atoms with Gasteiger partial charge in [0.1, 0.15) is 11.6 Å². The third-order valence-electron chi connectivity index (χ3n) is 5.53. The summed E-state index contributed by atoms with van der Waals surface area (Å²) in [6.07, 6.45) is 0.992. The van der Waals surface area contributed by atoms with Crippen molar-refractivity contribution in [3.05, 3.63) is 64.2 Å².